The van der Waals surface area contributed by atoms with Crippen molar-refractivity contribution >= 4 is 64.1 Å². The molecule has 5 nitrogen and oxygen atoms in total. The molecule has 4 aromatic heterocycles. The number of rotatable bonds is 3. The summed E-state index contributed by atoms with van der Waals surface area (Å²) in [4.78, 5) is 19.8. The summed E-state index contributed by atoms with van der Waals surface area (Å²) in [5.74, 6) is 1.84. The standard InChI is InChI=1S/C36H21N5S/c1-3-11-22(12-4-1)34-38-35(23-13-5-2-6-14-23)40-36(39-34)41-28-21-37-20-19-26(28)30-24-15-7-8-16-25(24)31-27-17-9-10-18-29(27)42-33(31)32(30)41/h1-21H. The maximum Gasteiger partial charge on any atom is 0.238 e. The molecular formula is C36H21N5S. The number of thiophene rings is 1. The van der Waals surface area contributed by atoms with E-state index in [2.05, 4.69) is 64.1 Å². The van der Waals surface area contributed by atoms with Crippen LogP contribution in [0.5, 0.6) is 0 Å². The lowest BCUT2D eigenvalue weighted by Crippen LogP contribution is -2.06. The van der Waals surface area contributed by atoms with Crippen molar-refractivity contribution in [2.45, 2.75) is 0 Å². The largest absolute Gasteiger partial charge is 0.275 e. The summed E-state index contributed by atoms with van der Waals surface area (Å²) in [6.45, 7) is 0. The van der Waals surface area contributed by atoms with Crippen molar-refractivity contribution < 1.29 is 0 Å². The highest BCUT2D eigenvalue weighted by atomic mass is 32.1. The fourth-order valence-corrected chi connectivity index (χ4v) is 7.39. The molecule has 0 aliphatic carbocycles. The molecule has 9 aromatic rings. The highest BCUT2D eigenvalue weighted by Gasteiger charge is 2.23. The molecule has 0 saturated carbocycles. The van der Waals surface area contributed by atoms with Crippen molar-refractivity contribution in [1.29, 1.82) is 0 Å². The van der Waals surface area contributed by atoms with E-state index in [0.717, 1.165) is 27.5 Å². The molecule has 0 unspecified atom stereocenters. The third-order valence-corrected chi connectivity index (χ3v) is 9.11. The van der Waals surface area contributed by atoms with Crippen LogP contribution in [0.4, 0.5) is 0 Å². The van der Waals surface area contributed by atoms with Gasteiger partial charge < -0.3 is 0 Å². The third kappa shape index (κ3) is 3.36. The van der Waals surface area contributed by atoms with E-state index < -0.39 is 0 Å². The van der Waals surface area contributed by atoms with Crippen molar-refractivity contribution in [2.24, 2.45) is 0 Å². The second kappa shape index (κ2) is 9.03. The Kier molecular flexibility index (Phi) is 5.00. The minimum Gasteiger partial charge on any atom is -0.275 e. The van der Waals surface area contributed by atoms with Crippen LogP contribution in [-0.4, -0.2) is 24.5 Å². The Hall–Kier alpha value is -5.46. The van der Waals surface area contributed by atoms with Gasteiger partial charge in [0.25, 0.3) is 0 Å². The number of nitrogens with zero attached hydrogens (tertiary/aromatic N) is 5. The number of pyridine rings is 1. The first kappa shape index (κ1) is 23.3. The van der Waals surface area contributed by atoms with Crippen LogP contribution in [0.3, 0.4) is 0 Å². The van der Waals surface area contributed by atoms with Crippen LogP contribution in [0.15, 0.2) is 128 Å². The summed E-state index contributed by atoms with van der Waals surface area (Å²) >= 11 is 1.82. The molecule has 4 heterocycles. The summed E-state index contributed by atoms with van der Waals surface area (Å²) in [6, 6.07) is 39.7. The maximum atomic E-state index is 5.13. The van der Waals surface area contributed by atoms with Crippen LogP contribution in [0.1, 0.15) is 0 Å². The predicted molar refractivity (Wildman–Crippen MR) is 173 cm³/mol. The molecule has 196 valence electrons. The first-order valence-corrected chi connectivity index (χ1v) is 14.6. The zero-order valence-electron chi connectivity index (χ0n) is 22.3. The summed E-state index contributed by atoms with van der Waals surface area (Å²) in [7, 11) is 0. The lowest BCUT2D eigenvalue weighted by molar-refractivity contribution is 0.954. The summed E-state index contributed by atoms with van der Waals surface area (Å²) in [6.07, 6.45) is 3.80. The van der Waals surface area contributed by atoms with Gasteiger partial charge in [-0.1, -0.05) is 103 Å². The zero-order valence-corrected chi connectivity index (χ0v) is 23.1. The first-order valence-electron chi connectivity index (χ1n) is 13.8. The second-order valence-electron chi connectivity index (χ2n) is 10.3. The Labute approximate surface area is 244 Å². The molecule has 9 rings (SSSR count). The molecule has 0 N–H and O–H groups in total. The number of hydrogen-bond acceptors (Lipinski definition) is 5. The van der Waals surface area contributed by atoms with Crippen LogP contribution >= 0.6 is 11.3 Å². The minimum absolute atomic E-state index is 0.574. The Morgan fingerprint density at radius 3 is 1.81 bits per heavy atom. The van der Waals surface area contributed by atoms with Gasteiger partial charge in [-0.25, -0.2) is 4.98 Å². The van der Waals surface area contributed by atoms with Crippen LogP contribution < -0.4 is 0 Å². The molecule has 6 heteroatoms. The maximum absolute atomic E-state index is 5.13. The molecule has 0 aliphatic rings. The normalized spacial score (nSPS) is 11.8. The molecule has 0 fully saturated rings. The average Bonchev–Trinajstić information content (AvgIpc) is 3.62. The minimum atomic E-state index is 0.574. The molecule has 0 atom stereocenters. The summed E-state index contributed by atoms with van der Waals surface area (Å²) in [5, 5.41) is 7.29. The highest BCUT2D eigenvalue weighted by molar-refractivity contribution is 7.27. The van der Waals surface area contributed by atoms with Gasteiger partial charge in [0, 0.05) is 43.6 Å². The SMILES string of the molecule is c1ccc(-c2nc(-c3ccccc3)nc(-n3c4cnccc4c4c5ccccc5c5c6ccccc6sc5c43)n2)cc1. The number of benzene rings is 5. The first-order chi connectivity index (χ1) is 20.8. The van der Waals surface area contributed by atoms with Crippen molar-refractivity contribution in [1.82, 2.24) is 24.5 Å². The van der Waals surface area contributed by atoms with Crippen molar-refractivity contribution in [3.05, 3.63) is 128 Å². The van der Waals surface area contributed by atoms with E-state index in [-0.39, 0.29) is 0 Å². The van der Waals surface area contributed by atoms with E-state index in [1.54, 1.807) is 0 Å². The molecule has 5 aromatic carbocycles. The fourth-order valence-electron chi connectivity index (χ4n) is 6.13. The van der Waals surface area contributed by atoms with Crippen molar-refractivity contribution in [3.8, 4) is 28.7 Å². The highest BCUT2D eigenvalue weighted by Crippen LogP contribution is 2.47. The van der Waals surface area contributed by atoms with Crippen molar-refractivity contribution in [2.75, 3.05) is 0 Å². The molecular weight excluding hydrogens is 534 g/mol. The quantitative estimate of drug-likeness (QED) is 0.218. The zero-order chi connectivity index (χ0) is 27.6. The average molecular weight is 556 g/mol. The Morgan fingerprint density at radius 1 is 0.524 bits per heavy atom. The van der Waals surface area contributed by atoms with E-state index >= 15 is 0 Å². The van der Waals surface area contributed by atoms with E-state index in [1.807, 2.05) is 84.4 Å². The van der Waals surface area contributed by atoms with Crippen LogP contribution in [0.25, 0.3) is 81.5 Å². The van der Waals surface area contributed by atoms with Gasteiger partial charge in [0.05, 0.1) is 21.9 Å². The van der Waals surface area contributed by atoms with Crippen LogP contribution in [-0.2, 0) is 0 Å². The van der Waals surface area contributed by atoms with E-state index in [0.29, 0.717) is 17.6 Å². The fraction of sp³-hybridized carbons (Fsp3) is 0. The predicted octanol–water partition coefficient (Wildman–Crippen LogP) is 9.22. The van der Waals surface area contributed by atoms with Gasteiger partial charge in [-0.2, -0.15) is 9.97 Å². The van der Waals surface area contributed by atoms with Gasteiger partial charge in [-0.05, 0) is 22.9 Å². The lowest BCUT2D eigenvalue weighted by Gasteiger charge is -2.11. The Morgan fingerprint density at radius 2 is 1.12 bits per heavy atom. The van der Waals surface area contributed by atoms with Gasteiger partial charge in [0.15, 0.2) is 11.6 Å². The van der Waals surface area contributed by atoms with Gasteiger partial charge in [0.1, 0.15) is 0 Å². The third-order valence-electron chi connectivity index (χ3n) is 7.93. The number of hydrogen-bond donors (Lipinski definition) is 0. The molecule has 0 aliphatic heterocycles. The Balaban J connectivity index is 1.50. The molecule has 42 heavy (non-hydrogen) atoms. The van der Waals surface area contributed by atoms with Crippen molar-refractivity contribution in [3.63, 3.8) is 0 Å². The van der Waals surface area contributed by atoms with E-state index in [9.17, 15) is 0 Å². The molecule has 0 bridgehead atoms. The van der Waals surface area contributed by atoms with Gasteiger partial charge in [0.2, 0.25) is 5.95 Å². The molecule has 0 saturated heterocycles. The topological polar surface area (TPSA) is 56.5 Å². The van der Waals surface area contributed by atoms with E-state index in [1.165, 1.54) is 36.3 Å². The van der Waals surface area contributed by atoms with Gasteiger partial charge in [-0.3, -0.25) is 9.55 Å². The van der Waals surface area contributed by atoms with Gasteiger partial charge in [-0.15, -0.1) is 11.3 Å². The summed E-state index contributed by atoms with van der Waals surface area (Å²) < 4.78 is 4.66. The number of fused-ring (bicyclic) bond motifs is 10. The van der Waals surface area contributed by atoms with Crippen LogP contribution in [0, 0.1) is 0 Å². The second-order valence-corrected chi connectivity index (χ2v) is 11.4. The molecule has 0 radical (unpaired) electrons. The van der Waals surface area contributed by atoms with Gasteiger partial charge >= 0.3 is 0 Å². The summed E-state index contributed by atoms with van der Waals surface area (Å²) in [5.41, 5.74) is 3.94. The Bertz CT molecular complexity index is 2400. The van der Waals surface area contributed by atoms with E-state index in [4.69, 9.17) is 15.0 Å². The number of aromatic nitrogens is 5. The smallest absolute Gasteiger partial charge is 0.238 e. The van der Waals surface area contributed by atoms with Crippen LogP contribution in [0.2, 0.25) is 0 Å². The molecule has 0 amide bonds. The molecule has 0 spiro atoms. The monoisotopic (exact) mass is 555 g/mol. The lowest BCUT2D eigenvalue weighted by atomic mass is 9.99.